The molecule has 8 aromatic rings. The predicted octanol–water partition coefficient (Wildman–Crippen LogP) is 9.97. The molecule has 6 aromatic carbocycles. The molecule has 0 unspecified atom stereocenters. The van der Waals surface area contributed by atoms with E-state index >= 15 is 0 Å². The van der Waals surface area contributed by atoms with Crippen LogP contribution in [0.1, 0.15) is 5.56 Å². The molecule has 2 aromatic heterocycles. The number of hydrogen-bond acceptors (Lipinski definition) is 1. The van der Waals surface area contributed by atoms with Crippen molar-refractivity contribution in [3.8, 4) is 28.6 Å². The smallest absolute Gasteiger partial charge is 0.196 e. The molecule has 0 aliphatic rings. The summed E-state index contributed by atoms with van der Waals surface area (Å²) in [4.78, 5) is 3.96. The topological polar surface area (TPSA) is 38.0 Å². The fourth-order valence-electron chi connectivity index (χ4n) is 6.42. The van der Waals surface area contributed by atoms with Gasteiger partial charge in [0.1, 0.15) is 0 Å². The number of aromatic nitrogens is 2. The van der Waals surface area contributed by atoms with Gasteiger partial charge in [-0.15, -0.1) is 0 Å². The van der Waals surface area contributed by atoms with E-state index in [1.54, 1.807) is 6.07 Å². The fraction of sp³-hybridized carbons (Fsp3) is 0. The number of nitriles is 1. The highest BCUT2D eigenvalue weighted by Crippen LogP contribution is 2.48. The summed E-state index contributed by atoms with van der Waals surface area (Å²) in [6.07, 6.45) is 0. The molecular formula is C38H22N4. The molecule has 0 bridgehead atoms. The Balaban J connectivity index is 1.72. The molecule has 2 heterocycles. The average molecular weight is 535 g/mol. The van der Waals surface area contributed by atoms with Gasteiger partial charge in [-0.05, 0) is 60.2 Å². The summed E-state index contributed by atoms with van der Waals surface area (Å²) in [6, 6.07) is 47.8. The molecule has 4 nitrogen and oxygen atoms in total. The van der Waals surface area contributed by atoms with Crippen molar-refractivity contribution in [2.75, 3.05) is 0 Å². The molecule has 0 N–H and O–H groups in total. The minimum absolute atomic E-state index is 0.456. The number of fused-ring (bicyclic) bond motifs is 6. The lowest BCUT2D eigenvalue weighted by Gasteiger charge is -2.17. The highest BCUT2D eigenvalue weighted by molar-refractivity contribution is 6.26. The van der Waals surface area contributed by atoms with Crippen molar-refractivity contribution in [1.29, 1.82) is 5.26 Å². The molecule has 4 heteroatoms. The lowest BCUT2D eigenvalue weighted by atomic mass is 9.95. The first-order valence-electron chi connectivity index (χ1n) is 13.8. The first kappa shape index (κ1) is 23.8. The van der Waals surface area contributed by atoms with Crippen molar-refractivity contribution in [1.82, 2.24) is 9.13 Å². The third-order valence-electron chi connectivity index (χ3n) is 8.14. The van der Waals surface area contributed by atoms with Gasteiger partial charge in [0.25, 0.3) is 0 Å². The van der Waals surface area contributed by atoms with Crippen LogP contribution in [0.3, 0.4) is 0 Å². The largest absolute Gasteiger partial charge is 0.309 e. The Kier molecular flexibility index (Phi) is 5.22. The second-order valence-electron chi connectivity index (χ2n) is 10.4. The lowest BCUT2D eigenvalue weighted by Crippen LogP contribution is -1.99. The monoisotopic (exact) mass is 534 g/mol. The summed E-state index contributed by atoms with van der Waals surface area (Å²) in [5.74, 6) is 0. The molecule has 0 aliphatic heterocycles. The van der Waals surface area contributed by atoms with E-state index in [4.69, 9.17) is 6.57 Å². The Labute approximate surface area is 242 Å². The zero-order chi connectivity index (χ0) is 28.2. The van der Waals surface area contributed by atoms with Gasteiger partial charge in [-0.1, -0.05) is 78.9 Å². The van der Waals surface area contributed by atoms with Crippen molar-refractivity contribution in [3.05, 3.63) is 150 Å². The molecule has 0 radical (unpaired) electrons. The van der Waals surface area contributed by atoms with E-state index in [0.717, 1.165) is 66.1 Å². The fourth-order valence-corrected chi connectivity index (χ4v) is 6.42. The van der Waals surface area contributed by atoms with Crippen LogP contribution >= 0.6 is 0 Å². The van der Waals surface area contributed by atoms with Crippen LogP contribution in [0.5, 0.6) is 0 Å². The van der Waals surface area contributed by atoms with E-state index in [1.165, 1.54) is 0 Å². The maximum Gasteiger partial charge on any atom is 0.196 e. The van der Waals surface area contributed by atoms with Crippen LogP contribution in [0.2, 0.25) is 0 Å². The number of hydrogen-bond donors (Lipinski definition) is 0. The van der Waals surface area contributed by atoms with Gasteiger partial charge in [-0.25, -0.2) is 4.85 Å². The number of rotatable bonds is 3. The molecule has 0 amide bonds. The number of para-hydroxylation sites is 4. The van der Waals surface area contributed by atoms with Crippen LogP contribution in [0.15, 0.2) is 133 Å². The summed E-state index contributed by atoms with van der Waals surface area (Å²) in [6.45, 7) is 8.17. The molecule has 0 spiro atoms. The summed E-state index contributed by atoms with van der Waals surface area (Å²) in [5, 5.41) is 14.2. The van der Waals surface area contributed by atoms with Crippen molar-refractivity contribution in [2.45, 2.75) is 0 Å². The van der Waals surface area contributed by atoms with Gasteiger partial charge in [-0.2, -0.15) is 5.26 Å². The molecule has 194 valence electrons. The molecule has 0 saturated heterocycles. The zero-order valence-electron chi connectivity index (χ0n) is 22.5. The van der Waals surface area contributed by atoms with Crippen molar-refractivity contribution >= 4 is 49.3 Å². The minimum Gasteiger partial charge on any atom is -0.309 e. The zero-order valence-corrected chi connectivity index (χ0v) is 22.5. The predicted molar refractivity (Wildman–Crippen MR) is 172 cm³/mol. The van der Waals surface area contributed by atoms with Crippen molar-refractivity contribution in [2.24, 2.45) is 0 Å². The van der Waals surface area contributed by atoms with E-state index in [9.17, 15) is 5.26 Å². The lowest BCUT2D eigenvalue weighted by molar-refractivity contribution is 1.17. The Morgan fingerprint density at radius 2 is 1.05 bits per heavy atom. The van der Waals surface area contributed by atoms with Crippen molar-refractivity contribution in [3.63, 3.8) is 0 Å². The molecular weight excluding hydrogens is 512 g/mol. The Hall–Kier alpha value is -6.10. The third kappa shape index (κ3) is 3.33. The first-order valence-corrected chi connectivity index (χ1v) is 13.8. The molecule has 0 fully saturated rings. The number of nitrogens with zero attached hydrogens (tertiary/aromatic N) is 4. The van der Waals surface area contributed by atoms with Gasteiger partial charge < -0.3 is 9.13 Å². The van der Waals surface area contributed by atoms with Crippen LogP contribution in [-0.4, -0.2) is 9.13 Å². The van der Waals surface area contributed by atoms with E-state index in [2.05, 4.69) is 123 Å². The summed E-state index contributed by atoms with van der Waals surface area (Å²) in [7, 11) is 0. The van der Waals surface area contributed by atoms with Gasteiger partial charge in [0.15, 0.2) is 5.69 Å². The maximum absolute atomic E-state index is 9.68. The van der Waals surface area contributed by atoms with E-state index < -0.39 is 0 Å². The van der Waals surface area contributed by atoms with E-state index in [0.29, 0.717) is 11.3 Å². The molecule has 0 saturated carbocycles. The molecule has 8 rings (SSSR count). The van der Waals surface area contributed by atoms with Gasteiger partial charge in [0.2, 0.25) is 0 Å². The standard InChI is InChI=1S/C38H22N4/c1-40-33-22-25(24-39)20-21-30(33)36-37-31(28-16-8-10-18-34(28)41(37)26-12-4-2-5-13-26)23-32-29-17-9-11-19-35(29)42(38(32)36)27-14-6-3-7-15-27/h2-23H. The SMILES string of the molecule is [C-]#[N+]c1cc(C#N)ccc1-c1c2c(cc3c4ccccc4n(-c4ccccc4)c13)c1ccccc1n2-c1ccccc1. The first-order chi connectivity index (χ1) is 20.8. The van der Waals surface area contributed by atoms with Crippen LogP contribution in [0, 0.1) is 17.9 Å². The maximum atomic E-state index is 9.68. The Morgan fingerprint density at radius 1 is 0.548 bits per heavy atom. The van der Waals surface area contributed by atoms with E-state index in [1.807, 2.05) is 24.3 Å². The Bertz CT molecular complexity index is 2280. The van der Waals surface area contributed by atoms with Crippen molar-refractivity contribution < 1.29 is 0 Å². The highest BCUT2D eigenvalue weighted by atomic mass is 15.0. The summed E-state index contributed by atoms with van der Waals surface area (Å²) >= 11 is 0. The van der Waals surface area contributed by atoms with Crippen LogP contribution in [0.25, 0.3) is 71.0 Å². The molecule has 0 atom stereocenters. The normalized spacial score (nSPS) is 11.3. The van der Waals surface area contributed by atoms with Gasteiger partial charge in [0, 0.05) is 44.0 Å². The summed E-state index contributed by atoms with van der Waals surface area (Å²) in [5.41, 5.74) is 9.06. The minimum atomic E-state index is 0.456. The number of benzene rings is 6. The molecule has 42 heavy (non-hydrogen) atoms. The van der Waals surface area contributed by atoms with Gasteiger partial charge in [-0.3, -0.25) is 0 Å². The van der Waals surface area contributed by atoms with Crippen LogP contribution in [0.4, 0.5) is 5.69 Å². The third-order valence-corrected chi connectivity index (χ3v) is 8.14. The Morgan fingerprint density at radius 3 is 1.55 bits per heavy atom. The highest BCUT2D eigenvalue weighted by Gasteiger charge is 2.25. The average Bonchev–Trinajstić information content (AvgIpc) is 3.57. The van der Waals surface area contributed by atoms with Gasteiger partial charge in [0.05, 0.1) is 34.7 Å². The molecule has 0 aliphatic carbocycles. The second-order valence-corrected chi connectivity index (χ2v) is 10.4. The van der Waals surface area contributed by atoms with Gasteiger partial charge >= 0.3 is 0 Å². The van der Waals surface area contributed by atoms with Crippen LogP contribution in [-0.2, 0) is 0 Å². The van der Waals surface area contributed by atoms with E-state index in [-0.39, 0.29) is 0 Å². The quantitative estimate of drug-likeness (QED) is 0.208. The summed E-state index contributed by atoms with van der Waals surface area (Å²) < 4.78 is 4.64. The second kappa shape index (κ2) is 9.24. The van der Waals surface area contributed by atoms with Crippen LogP contribution < -0.4 is 0 Å².